The van der Waals surface area contributed by atoms with Gasteiger partial charge in [0, 0.05) is 54.9 Å². The summed E-state index contributed by atoms with van der Waals surface area (Å²) in [6.07, 6.45) is 0. The maximum atomic E-state index is 6.83. The quantitative estimate of drug-likeness (QED) is 0.190. The molecule has 0 saturated carbocycles. The van der Waals surface area contributed by atoms with E-state index in [2.05, 4.69) is 191 Å². The SMILES string of the molecule is c1ccc(-c2cccc3c2oc2c4ccccc4c(N(c4ccccc4)c4ccc5c6ccccc6n(-c6ccccc6)c5c4)cc32)cc1. The molecule has 0 radical (unpaired) electrons. The van der Waals surface area contributed by atoms with E-state index < -0.39 is 0 Å². The Labute approximate surface area is 283 Å². The molecule has 10 rings (SSSR count). The van der Waals surface area contributed by atoms with Crippen LogP contribution in [-0.2, 0) is 0 Å². The summed E-state index contributed by atoms with van der Waals surface area (Å²) in [7, 11) is 0. The van der Waals surface area contributed by atoms with Crippen molar-refractivity contribution in [2.45, 2.75) is 0 Å². The summed E-state index contributed by atoms with van der Waals surface area (Å²) < 4.78 is 9.21. The highest BCUT2D eigenvalue weighted by Gasteiger charge is 2.22. The maximum absolute atomic E-state index is 6.83. The smallest absolute Gasteiger partial charge is 0.143 e. The zero-order valence-electron chi connectivity index (χ0n) is 26.6. The Balaban J connectivity index is 1.28. The molecule has 0 N–H and O–H groups in total. The number of anilines is 3. The molecule has 0 saturated heterocycles. The molecule has 3 nitrogen and oxygen atoms in total. The second kappa shape index (κ2) is 11.0. The first-order chi connectivity index (χ1) is 24.3. The lowest BCUT2D eigenvalue weighted by atomic mass is 9.99. The maximum Gasteiger partial charge on any atom is 0.143 e. The van der Waals surface area contributed by atoms with Crippen LogP contribution in [0.1, 0.15) is 0 Å². The average Bonchev–Trinajstić information content (AvgIpc) is 3.72. The van der Waals surface area contributed by atoms with Crippen LogP contribution in [0.3, 0.4) is 0 Å². The van der Waals surface area contributed by atoms with E-state index in [1.165, 1.54) is 16.3 Å². The van der Waals surface area contributed by atoms with Gasteiger partial charge in [0.2, 0.25) is 0 Å². The second-order valence-corrected chi connectivity index (χ2v) is 12.5. The van der Waals surface area contributed by atoms with E-state index in [-0.39, 0.29) is 0 Å². The molecule has 0 bridgehead atoms. The standard InChI is InChI=1S/C46H30N2O/c1-4-15-31(16-5-1)35-24-14-25-40-41-30-44(37-22-10-11-23-39(37)46(41)49-45(35)40)47(32-17-6-2-7-18-32)34-27-28-38-36-21-12-13-26-42(36)48(43(38)29-34)33-19-8-3-9-20-33/h1-30H. The monoisotopic (exact) mass is 626 g/mol. The fraction of sp³-hybridized carbons (Fsp3) is 0. The van der Waals surface area contributed by atoms with Crippen molar-refractivity contribution in [2.75, 3.05) is 4.90 Å². The van der Waals surface area contributed by atoms with Crippen LogP contribution in [0.4, 0.5) is 17.1 Å². The number of benzene rings is 8. The van der Waals surface area contributed by atoms with Gasteiger partial charge in [-0.05, 0) is 54.1 Å². The number of furan rings is 1. The molecule has 8 aromatic carbocycles. The fourth-order valence-electron chi connectivity index (χ4n) is 7.59. The zero-order valence-corrected chi connectivity index (χ0v) is 26.6. The van der Waals surface area contributed by atoms with Gasteiger partial charge in [-0.3, -0.25) is 0 Å². The molecule has 0 amide bonds. The zero-order chi connectivity index (χ0) is 32.3. The predicted molar refractivity (Wildman–Crippen MR) is 206 cm³/mol. The summed E-state index contributed by atoms with van der Waals surface area (Å²) in [5, 5.41) is 6.89. The normalized spacial score (nSPS) is 11.7. The van der Waals surface area contributed by atoms with Crippen LogP contribution in [0, 0.1) is 0 Å². The molecule has 0 fully saturated rings. The Morgan fingerprint density at radius 2 is 1.00 bits per heavy atom. The van der Waals surface area contributed by atoms with Gasteiger partial charge in [-0.15, -0.1) is 0 Å². The van der Waals surface area contributed by atoms with Crippen LogP contribution in [0.15, 0.2) is 186 Å². The van der Waals surface area contributed by atoms with Gasteiger partial charge in [-0.1, -0.05) is 133 Å². The third-order valence-electron chi connectivity index (χ3n) is 9.75. The number of nitrogens with zero attached hydrogens (tertiary/aromatic N) is 2. The first-order valence-corrected chi connectivity index (χ1v) is 16.7. The van der Waals surface area contributed by atoms with Gasteiger partial charge in [0.15, 0.2) is 0 Å². The third-order valence-corrected chi connectivity index (χ3v) is 9.75. The molecule has 0 spiro atoms. The van der Waals surface area contributed by atoms with Gasteiger partial charge >= 0.3 is 0 Å². The minimum absolute atomic E-state index is 0.908. The van der Waals surface area contributed by atoms with Gasteiger partial charge in [-0.25, -0.2) is 0 Å². The molecule has 3 heteroatoms. The van der Waals surface area contributed by atoms with Gasteiger partial charge in [-0.2, -0.15) is 0 Å². The van der Waals surface area contributed by atoms with E-state index in [4.69, 9.17) is 4.42 Å². The number of hydrogen-bond acceptors (Lipinski definition) is 2. The minimum Gasteiger partial charge on any atom is -0.455 e. The topological polar surface area (TPSA) is 21.3 Å². The molecule has 0 unspecified atom stereocenters. The molecule has 230 valence electrons. The van der Waals surface area contributed by atoms with Gasteiger partial charge in [0.25, 0.3) is 0 Å². The lowest BCUT2D eigenvalue weighted by Gasteiger charge is -2.27. The number of rotatable bonds is 5. The van der Waals surface area contributed by atoms with E-state index >= 15 is 0 Å². The molecule has 10 aromatic rings. The highest BCUT2D eigenvalue weighted by atomic mass is 16.3. The molecule has 2 heterocycles. The Hall–Kier alpha value is -6.58. The lowest BCUT2D eigenvalue weighted by Crippen LogP contribution is -2.10. The summed E-state index contributed by atoms with van der Waals surface area (Å²) in [4.78, 5) is 2.40. The van der Waals surface area contributed by atoms with Crippen molar-refractivity contribution in [1.29, 1.82) is 0 Å². The van der Waals surface area contributed by atoms with E-state index in [1.54, 1.807) is 0 Å². The highest BCUT2D eigenvalue weighted by molar-refractivity contribution is 6.21. The molecular weight excluding hydrogens is 597 g/mol. The summed E-state index contributed by atoms with van der Waals surface area (Å²) >= 11 is 0. The van der Waals surface area contributed by atoms with Crippen LogP contribution >= 0.6 is 0 Å². The second-order valence-electron chi connectivity index (χ2n) is 12.5. The number of para-hydroxylation sites is 4. The van der Waals surface area contributed by atoms with Crippen LogP contribution in [0.5, 0.6) is 0 Å². The molecule has 49 heavy (non-hydrogen) atoms. The predicted octanol–water partition coefficient (Wildman–Crippen LogP) is 13.0. The first kappa shape index (κ1) is 27.5. The van der Waals surface area contributed by atoms with Crippen molar-refractivity contribution in [3.63, 3.8) is 0 Å². The van der Waals surface area contributed by atoms with Crippen molar-refractivity contribution in [3.05, 3.63) is 182 Å². The summed E-state index contributed by atoms with van der Waals surface area (Å²) in [5.74, 6) is 0. The summed E-state index contributed by atoms with van der Waals surface area (Å²) in [6.45, 7) is 0. The van der Waals surface area contributed by atoms with Gasteiger partial charge < -0.3 is 13.9 Å². The Bertz CT molecular complexity index is 2810. The van der Waals surface area contributed by atoms with Crippen molar-refractivity contribution < 1.29 is 4.42 Å². The largest absolute Gasteiger partial charge is 0.455 e. The Morgan fingerprint density at radius 1 is 0.388 bits per heavy atom. The molecule has 0 aliphatic heterocycles. The Kier molecular flexibility index (Phi) is 6.18. The van der Waals surface area contributed by atoms with Crippen LogP contribution < -0.4 is 4.90 Å². The Morgan fingerprint density at radius 3 is 1.80 bits per heavy atom. The van der Waals surface area contributed by atoms with E-state index in [9.17, 15) is 0 Å². The van der Waals surface area contributed by atoms with Crippen LogP contribution in [-0.4, -0.2) is 4.57 Å². The minimum atomic E-state index is 0.908. The summed E-state index contributed by atoms with van der Waals surface area (Å²) in [5.41, 5.74) is 10.8. The molecule has 0 atom stereocenters. The van der Waals surface area contributed by atoms with E-state index in [0.29, 0.717) is 0 Å². The number of aromatic nitrogens is 1. The van der Waals surface area contributed by atoms with Gasteiger partial charge in [0.05, 0.1) is 16.7 Å². The van der Waals surface area contributed by atoms with E-state index in [0.717, 1.165) is 72.1 Å². The number of fused-ring (bicyclic) bond motifs is 8. The fourth-order valence-corrected chi connectivity index (χ4v) is 7.59. The van der Waals surface area contributed by atoms with Gasteiger partial charge in [0.1, 0.15) is 11.2 Å². The van der Waals surface area contributed by atoms with Crippen LogP contribution in [0.25, 0.3) is 71.3 Å². The first-order valence-electron chi connectivity index (χ1n) is 16.7. The van der Waals surface area contributed by atoms with Crippen molar-refractivity contribution in [2.24, 2.45) is 0 Å². The summed E-state index contributed by atoms with van der Waals surface area (Å²) in [6, 6.07) is 64.8. The van der Waals surface area contributed by atoms with Crippen molar-refractivity contribution in [1.82, 2.24) is 4.57 Å². The number of hydrogen-bond donors (Lipinski definition) is 0. The van der Waals surface area contributed by atoms with E-state index in [1.807, 2.05) is 0 Å². The lowest BCUT2D eigenvalue weighted by molar-refractivity contribution is 0.674. The molecular formula is C46H30N2O. The molecule has 0 aliphatic rings. The molecule has 0 aliphatic carbocycles. The third kappa shape index (κ3) is 4.29. The van der Waals surface area contributed by atoms with Crippen molar-refractivity contribution >= 4 is 71.6 Å². The average molecular weight is 627 g/mol. The van der Waals surface area contributed by atoms with Crippen LogP contribution in [0.2, 0.25) is 0 Å². The molecule has 2 aromatic heterocycles. The van der Waals surface area contributed by atoms with Crippen molar-refractivity contribution in [3.8, 4) is 16.8 Å². The highest BCUT2D eigenvalue weighted by Crippen LogP contribution is 2.46.